The normalized spacial score (nSPS) is 25.6. The summed E-state index contributed by atoms with van der Waals surface area (Å²) < 4.78 is 5.06. The van der Waals surface area contributed by atoms with Crippen LogP contribution < -0.4 is 5.32 Å². The second kappa shape index (κ2) is 4.47. The SMILES string of the molecule is CC(C)c1noc(C2(O)CCNC2)n1.Cl. The molecule has 0 aliphatic carbocycles. The minimum atomic E-state index is -0.958. The van der Waals surface area contributed by atoms with Gasteiger partial charge in [-0.2, -0.15) is 4.98 Å². The van der Waals surface area contributed by atoms with Crippen molar-refractivity contribution in [1.82, 2.24) is 15.5 Å². The van der Waals surface area contributed by atoms with Crippen molar-refractivity contribution < 1.29 is 9.63 Å². The maximum atomic E-state index is 10.1. The van der Waals surface area contributed by atoms with Gasteiger partial charge in [-0.1, -0.05) is 19.0 Å². The molecule has 1 aliphatic rings. The number of aliphatic hydroxyl groups is 1. The molecule has 0 bridgehead atoms. The Bertz CT molecular complexity index is 321. The van der Waals surface area contributed by atoms with Gasteiger partial charge in [0.05, 0.1) is 0 Å². The molecule has 5 nitrogen and oxygen atoms in total. The topological polar surface area (TPSA) is 71.2 Å². The highest BCUT2D eigenvalue weighted by Gasteiger charge is 2.38. The lowest BCUT2D eigenvalue weighted by Crippen LogP contribution is -2.28. The number of β-amino-alcohol motifs (C(OH)–C–C–N with tert-alkyl or cyclic N) is 1. The Morgan fingerprint density at radius 3 is 2.73 bits per heavy atom. The Balaban J connectivity index is 0.00000112. The lowest BCUT2D eigenvalue weighted by Gasteiger charge is -2.14. The fourth-order valence-corrected chi connectivity index (χ4v) is 1.52. The predicted octanol–water partition coefficient (Wildman–Crippen LogP) is 0.796. The van der Waals surface area contributed by atoms with Crippen LogP contribution in [0.4, 0.5) is 0 Å². The number of halogens is 1. The number of hydrogen-bond acceptors (Lipinski definition) is 5. The van der Waals surface area contributed by atoms with Gasteiger partial charge in [0.1, 0.15) is 0 Å². The highest BCUT2D eigenvalue weighted by atomic mass is 35.5. The molecule has 1 unspecified atom stereocenters. The average Bonchev–Trinajstić information content (AvgIpc) is 2.71. The summed E-state index contributed by atoms with van der Waals surface area (Å²) >= 11 is 0. The van der Waals surface area contributed by atoms with Crippen LogP contribution in [0.25, 0.3) is 0 Å². The van der Waals surface area contributed by atoms with Crippen molar-refractivity contribution in [1.29, 1.82) is 0 Å². The third-order valence-electron chi connectivity index (χ3n) is 2.49. The molecule has 1 atom stereocenters. The molecule has 6 heteroatoms. The quantitative estimate of drug-likeness (QED) is 0.791. The van der Waals surface area contributed by atoms with Crippen molar-refractivity contribution >= 4 is 12.4 Å². The Morgan fingerprint density at radius 1 is 1.53 bits per heavy atom. The van der Waals surface area contributed by atoms with Crippen LogP contribution in [0.3, 0.4) is 0 Å². The van der Waals surface area contributed by atoms with Crippen LogP contribution in [0, 0.1) is 0 Å². The summed E-state index contributed by atoms with van der Waals surface area (Å²) in [6.45, 7) is 5.26. The van der Waals surface area contributed by atoms with Crippen molar-refractivity contribution in [2.45, 2.75) is 31.8 Å². The second-order valence-corrected chi connectivity index (χ2v) is 4.07. The number of hydrogen-bond donors (Lipinski definition) is 2. The Labute approximate surface area is 94.7 Å². The Hall–Kier alpha value is -0.650. The molecule has 0 amide bonds. The van der Waals surface area contributed by atoms with E-state index in [-0.39, 0.29) is 18.3 Å². The van der Waals surface area contributed by atoms with Crippen molar-refractivity contribution in [2.75, 3.05) is 13.1 Å². The summed E-state index contributed by atoms with van der Waals surface area (Å²) in [4.78, 5) is 4.20. The first-order chi connectivity index (χ1) is 6.62. The highest BCUT2D eigenvalue weighted by molar-refractivity contribution is 5.85. The van der Waals surface area contributed by atoms with E-state index in [0.717, 1.165) is 6.54 Å². The standard InChI is InChI=1S/C9H15N3O2.ClH/c1-6(2)7-11-8(14-12-7)9(13)3-4-10-5-9;/h6,10,13H,3-5H2,1-2H3;1H. The number of aromatic nitrogens is 2. The molecule has 15 heavy (non-hydrogen) atoms. The lowest BCUT2D eigenvalue weighted by molar-refractivity contribution is 0.0243. The molecule has 0 saturated carbocycles. The molecule has 2 rings (SSSR count). The highest BCUT2D eigenvalue weighted by Crippen LogP contribution is 2.26. The van der Waals surface area contributed by atoms with Gasteiger partial charge in [0, 0.05) is 12.5 Å². The van der Waals surface area contributed by atoms with E-state index in [1.54, 1.807) is 0 Å². The molecule has 1 aromatic rings. The molecule has 86 valence electrons. The van der Waals surface area contributed by atoms with E-state index in [1.165, 1.54) is 0 Å². The van der Waals surface area contributed by atoms with E-state index >= 15 is 0 Å². The summed E-state index contributed by atoms with van der Waals surface area (Å²) in [7, 11) is 0. The number of nitrogens with zero attached hydrogens (tertiary/aromatic N) is 2. The van der Waals surface area contributed by atoms with E-state index in [1.807, 2.05) is 13.8 Å². The molecular formula is C9H16ClN3O2. The monoisotopic (exact) mass is 233 g/mol. The summed E-state index contributed by atoms with van der Waals surface area (Å²) in [6.07, 6.45) is 0.632. The lowest BCUT2D eigenvalue weighted by atomic mass is 10.0. The Kier molecular flexibility index (Phi) is 3.70. The van der Waals surface area contributed by atoms with Crippen molar-refractivity contribution in [2.24, 2.45) is 0 Å². The smallest absolute Gasteiger partial charge is 0.259 e. The van der Waals surface area contributed by atoms with E-state index in [4.69, 9.17) is 4.52 Å². The third-order valence-corrected chi connectivity index (χ3v) is 2.49. The zero-order valence-corrected chi connectivity index (χ0v) is 9.67. The van der Waals surface area contributed by atoms with Crippen molar-refractivity contribution in [3.63, 3.8) is 0 Å². The predicted molar refractivity (Wildman–Crippen MR) is 57.0 cm³/mol. The maximum absolute atomic E-state index is 10.1. The first-order valence-corrected chi connectivity index (χ1v) is 4.89. The first-order valence-electron chi connectivity index (χ1n) is 4.89. The van der Waals surface area contributed by atoms with E-state index in [0.29, 0.717) is 24.7 Å². The van der Waals surface area contributed by atoms with Crippen LogP contribution in [0.2, 0.25) is 0 Å². The fourth-order valence-electron chi connectivity index (χ4n) is 1.52. The first kappa shape index (κ1) is 12.4. The van der Waals surface area contributed by atoms with Crippen molar-refractivity contribution in [3.05, 3.63) is 11.7 Å². The molecular weight excluding hydrogens is 218 g/mol. The van der Waals surface area contributed by atoms with Gasteiger partial charge < -0.3 is 14.9 Å². The summed E-state index contributed by atoms with van der Waals surface area (Å²) in [6, 6.07) is 0. The van der Waals surface area contributed by atoms with Crippen LogP contribution >= 0.6 is 12.4 Å². The Morgan fingerprint density at radius 2 is 2.27 bits per heavy atom. The molecule has 1 aromatic heterocycles. The van der Waals surface area contributed by atoms with Gasteiger partial charge in [-0.05, 0) is 13.0 Å². The van der Waals surface area contributed by atoms with Crippen molar-refractivity contribution in [3.8, 4) is 0 Å². The van der Waals surface area contributed by atoms with Gasteiger partial charge in [-0.15, -0.1) is 12.4 Å². The van der Waals surface area contributed by atoms with Gasteiger partial charge in [0.25, 0.3) is 5.89 Å². The van der Waals surface area contributed by atoms with Crippen LogP contribution in [-0.2, 0) is 5.60 Å². The zero-order chi connectivity index (χ0) is 10.2. The van der Waals surface area contributed by atoms with E-state index in [2.05, 4.69) is 15.5 Å². The van der Waals surface area contributed by atoms with Gasteiger partial charge in [-0.25, -0.2) is 0 Å². The average molecular weight is 234 g/mol. The third kappa shape index (κ3) is 2.30. The van der Waals surface area contributed by atoms with Crippen LogP contribution in [0.5, 0.6) is 0 Å². The second-order valence-electron chi connectivity index (χ2n) is 4.07. The minimum absolute atomic E-state index is 0. The number of rotatable bonds is 2. The molecule has 0 aromatic carbocycles. The summed E-state index contributed by atoms with van der Waals surface area (Å²) in [5, 5.41) is 17.0. The van der Waals surface area contributed by atoms with Crippen LogP contribution in [0.15, 0.2) is 4.52 Å². The van der Waals surface area contributed by atoms with Gasteiger partial charge in [0.15, 0.2) is 11.4 Å². The molecule has 0 radical (unpaired) electrons. The van der Waals surface area contributed by atoms with Gasteiger partial charge in [0.2, 0.25) is 0 Å². The van der Waals surface area contributed by atoms with Gasteiger partial charge in [-0.3, -0.25) is 0 Å². The number of nitrogens with one attached hydrogen (secondary N) is 1. The molecule has 2 heterocycles. The molecule has 1 saturated heterocycles. The molecule has 1 aliphatic heterocycles. The molecule has 2 N–H and O–H groups in total. The van der Waals surface area contributed by atoms with E-state index < -0.39 is 5.60 Å². The maximum Gasteiger partial charge on any atom is 0.259 e. The molecule has 1 fully saturated rings. The minimum Gasteiger partial charge on any atom is -0.379 e. The summed E-state index contributed by atoms with van der Waals surface area (Å²) in [5.74, 6) is 1.22. The fraction of sp³-hybridized carbons (Fsp3) is 0.778. The largest absolute Gasteiger partial charge is 0.379 e. The summed E-state index contributed by atoms with van der Waals surface area (Å²) in [5.41, 5.74) is -0.958. The van der Waals surface area contributed by atoms with Gasteiger partial charge >= 0.3 is 0 Å². The van der Waals surface area contributed by atoms with E-state index in [9.17, 15) is 5.11 Å². The zero-order valence-electron chi connectivity index (χ0n) is 8.86. The molecule has 0 spiro atoms. The van der Waals surface area contributed by atoms with Crippen LogP contribution in [0.1, 0.15) is 37.9 Å². The van der Waals surface area contributed by atoms with Crippen LogP contribution in [-0.4, -0.2) is 28.3 Å².